The van der Waals surface area contributed by atoms with E-state index in [1.165, 1.54) is 32.2 Å². The molecule has 1 N–H and O–H groups in total. The molecular formula is C11H25N. The Hall–Kier alpha value is -0.0400. The lowest BCUT2D eigenvalue weighted by Crippen LogP contribution is -2.16. The maximum atomic E-state index is 3.23. The summed E-state index contributed by atoms with van der Waals surface area (Å²) in [5, 5.41) is 3.23. The van der Waals surface area contributed by atoms with E-state index in [9.17, 15) is 0 Å². The smallest absolute Gasteiger partial charge is 0.00262 e. The van der Waals surface area contributed by atoms with Crippen LogP contribution in [0.15, 0.2) is 0 Å². The molecule has 0 radical (unpaired) electrons. The van der Waals surface area contributed by atoms with Crippen LogP contribution >= 0.6 is 0 Å². The van der Waals surface area contributed by atoms with Crippen LogP contribution in [-0.4, -0.2) is 13.6 Å². The molecule has 0 aromatic heterocycles. The van der Waals surface area contributed by atoms with Gasteiger partial charge in [-0.15, -0.1) is 0 Å². The predicted molar refractivity (Wildman–Crippen MR) is 56.4 cm³/mol. The molecule has 0 fully saturated rings. The zero-order chi connectivity index (χ0) is 9.40. The third kappa shape index (κ3) is 5.59. The molecule has 1 heteroatoms. The first-order valence-electron chi connectivity index (χ1n) is 5.39. The molecule has 0 aromatic rings. The van der Waals surface area contributed by atoms with Crippen LogP contribution in [0.25, 0.3) is 0 Å². The van der Waals surface area contributed by atoms with Crippen LogP contribution in [0, 0.1) is 11.8 Å². The summed E-state index contributed by atoms with van der Waals surface area (Å²) in [6, 6.07) is 0. The minimum atomic E-state index is 0.843. The van der Waals surface area contributed by atoms with Gasteiger partial charge < -0.3 is 5.32 Å². The lowest BCUT2D eigenvalue weighted by Gasteiger charge is -2.15. The fraction of sp³-hybridized carbons (Fsp3) is 1.00. The van der Waals surface area contributed by atoms with Gasteiger partial charge in [-0.05, 0) is 31.8 Å². The highest BCUT2D eigenvalue weighted by Crippen LogP contribution is 2.17. The highest BCUT2D eigenvalue weighted by molar-refractivity contribution is 4.60. The maximum Gasteiger partial charge on any atom is -0.00262 e. The van der Waals surface area contributed by atoms with Crippen LogP contribution in [0.2, 0.25) is 0 Å². The Kier molecular flexibility index (Phi) is 7.58. The molecule has 0 heterocycles. The summed E-state index contributed by atoms with van der Waals surface area (Å²) in [5.74, 6) is 1.81. The van der Waals surface area contributed by atoms with Gasteiger partial charge in [-0.3, -0.25) is 0 Å². The predicted octanol–water partition coefficient (Wildman–Crippen LogP) is 3.06. The quantitative estimate of drug-likeness (QED) is 0.621. The van der Waals surface area contributed by atoms with E-state index in [1.807, 2.05) is 7.05 Å². The van der Waals surface area contributed by atoms with Crippen molar-refractivity contribution in [3.8, 4) is 0 Å². The van der Waals surface area contributed by atoms with E-state index in [0.717, 1.165) is 11.8 Å². The molecule has 0 saturated carbocycles. The number of nitrogens with one attached hydrogen (secondary N) is 1. The van der Waals surface area contributed by atoms with E-state index in [4.69, 9.17) is 0 Å². The molecule has 1 atom stereocenters. The molecule has 0 aliphatic heterocycles. The van der Waals surface area contributed by atoms with E-state index < -0.39 is 0 Å². The van der Waals surface area contributed by atoms with Crippen LogP contribution in [0.3, 0.4) is 0 Å². The van der Waals surface area contributed by atoms with Crippen molar-refractivity contribution in [3.05, 3.63) is 0 Å². The molecule has 0 aliphatic carbocycles. The second-order valence-corrected chi connectivity index (χ2v) is 3.92. The topological polar surface area (TPSA) is 12.0 Å². The monoisotopic (exact) mass is 171 g/mol. The van der Waals surface area contributed by atoms with E-state index >= 15 is 0 Å². The van der Waals surface area contributed by atoms with Crippen molar-refractivity contribution in [1.82, 2.24) is 5.32 Å². The van der Waals surface area contributed by atoms with E-state index in [0.29, 0.717) is 0 Å². The van der Waals surface area contributed by atoms with Crippen LogP contribution in [0.4, 0.5) is 0 Å². The molecule has 0 spiro atoms. The average molecular weight is 171 g/mol. The van der Waals surface area contributed by atoms with E-state index in [1.54, 1.807) is 0 Å². The van der Waals surface area contributed by atoms with Gasteiger partial charge in [-0.2, -0.15) is 0 Å². The Bertz CT molecular complexity index is 87.0. The second kappa shape index (κ2) is 7.60. The van der Waals surface area contributed by atoms with Gasteiger partial charge >= 0.3 is 0 Å². The van der Waals surface area contributed by atoms with E-state index in [-0.39, 0.29) is 0 Å². The zero-order valence-electron chi connectivity index (χ0n) is 9.19. The van der Waals surface area contributed by atoms with Gasteiger partial charge in [0, 0.05) is 0 Å². The number of hydrogen-bond acceptors (Lipinski definition) is 1. The Balaban J connectivity index is 3.37. The van der Waals surface area contributed by atoms with Crippen molar-refractivity contribution in [3.63, 3.8) is 0 Å². The van der Waals surface area contributed by atoms with Crippen LogP contribution in [0.1, 0.15) is 46.5 Å². The first-order chi connectivity index (χ1) is 5.74. The van der Waals surface area contributed by atoms with Gasteiger partial charge in [0.25, 0.3) is 0 Å². The Morgan fingerprint density at radius 1 is 1.08 bits per heavy atom. The Labute approximate surface area is 77.9 Å². The highest BCUT2D eigenvalue weighted by atomic mass is 14.8. The molecule has 0 rings (SSSR count). The minimum absolute atomic E-state index is 0.843. The molecular weight excluding hydrogens is 146 g/mol. The summed E-state index contributed by atoms with van der Waals surface area (Å²) >= 11 is 0. The summed E-state index contributed by atoms with van der Waals surface area (Å²) in [7, 11) is 2.04. The summed E-state index contributed by atoms with van der Waals surface area (Å²) in [6.07, 6.45) is 5.49. The summed E-state index contributed by atoms with van der Waals surface area (Å²) < 4.78 is 0. The first kappa shape index (κ1) is 12.0. The SMILES string of the molecule is CCC(CC)CCC(C)CNC. The summed E-state index contributed by atoms with van der Waals surface area (Å²) in [4.78, 5) is 0. The second-order valence-electron chi connectivity index (χ2n) is 3.92. The van der Waals surface area contributed by atoms with Gasteiger partial charge in [0.05, 0.1) is 0 Å². The van der Waals surface area contributed by atoms with Crippen LogP contribution < -0.4 is 5.32 Å². The molecule has 0 bridgehead atoms. The lowest BCUT2D eigenvalue weighted by atomic mass is 9.93. The van der Waals surface area contributed by atoms with Crippen LogP contribution in [-0.2, 0) is 0 Å². The van der Waals surface area contributed by atoms with E-state index in [2.05, 4.69) is 26.1 Å². The van der Waals surface area contributed by atoms with Crippen molar-refractivity contribution in [2.24, 2.45) is 11.8 Å². The lowest BCUT2D eigenvalue weighted by molar-refractivity contribution is 0.385. The van der Waals surface area contributed by atoms with Crippen molar-refractivity contribution in [2.75, 3.05) is 13.6 Å². The largest absolute Gasteiger partial charge is 0.319 e. The fourth-order valence-corrected chi connectivity index (χ4v) is 1.67. The molecule has 0 aliphatic rings. The molecule has 74 valence electrons. The molecule has 0 saturated heterocycles. The Morgan fingerprint density at radius 3 is 2.08 bits per heavy atom. The zero-order valence-corrected chi connectivity index (χ0v) is 9.19. The van der Waals surface area contributed by atoms with Gasteiger partial charge in [0.15, 0.2) is 0 Å². The van der Waals surface area contributed by atoms with Crippen molar-refractivity contribution < 1.29 is 0 Å². The highest BCUT2D eigenvalue weighted by Gasteiger charge is 2.06. The van der Waals surface area contributed by atoms with Crippen LogP contribution in [0.5, 0.6) is 0 Å². The van der Waals surface area contributed by atoms with Gasteiger partial charge in [0.1, 0.15) is 0 Å². The number of hydrogen-bond donors (Lipinski definition) is 1. The standard InChI is InChI=1S/C11H25N/c1-5-11(6-2)8-7-10(3)9-12-4/h10-12H,5-9H2,1-4H3. The van der Waals surface area contributed by atoms with Gasteiger partial charge in [-0.25, -0.2) is 0 Å². The van der Waals surface area contributed by atoms with Crippen molar-refractivity contribution >= 4 is 0 Å². The summed E-state index contributed by atoms with van der Waals surface area (Å²) in [5.41, 5.74) is 0. The first-order valence-corrected chi connectivity index (χ1v) is 5.39. The van der Waals surface area contributed by atoms with Gasteiger partial charge in [0.2, 0.25) is 0 Å². The average Bonchev–Trinajstić information content (AvgIpc) is 2.07. The molecule has 12 heavy (non-hydrogen) atoms. The summed E-state index contributed by atoms with van der Waals surface area (Å²) in [6.45, 7) is 8.10. The third-order valence-corrected chi connectivity index (χ3v) is 2.78. The maximum absolute atomic E-state index is 3.23. The van der Waals surface area contributed by atoms with Gasteiger partial charge in [-0.1, -0.05) is 40.0 Å². The Morgan fingerprint density at radius 2 is 1.67 bits per heavy atom. The molecule has 1 unspecified atom stereocenters. The van der Waals surface area contributed by atoms with Crippen molar-refractivity contribution in [1.29, 1.82) is 0 Å². The minimum Gasteiger partial charge on any atom is -0.319 e. The normalized spacial score (nSPS) is 13.8. The van der Waals surface area contributed by atoms with Crippen molar-refractivity contribution in [2.45, 2.75) is 46.5 Å². The molecule has 0 aromatic carbocycles. The fourth-order valence-electron chi connectivity index (χ4n) is 1.67. The molecule has 0 amide bonds. The number of rotatable bonds is 7. The third-order valence-electron chi connectivity index (χ3n) is 2.78. The molecule has 1 nitrogen and oxygen atoms in total.